The monoisotopic (exact) mass is 414 g/mol. The molecule has 1 saturated carbocycles. The topological polar surface area (TPSA) is 48.9 Å². The molecule has 1 aliphatic heterocycles. The summed E-state index contributed by atoms with van der Waals surface area (Å²) in [5.41, 5.74) is 0.562. The summed E-state index contributed by atoms with van der Waals surface area (Å²) in [5, 5.41) is 7.11. The lowest BCUT2D eigenvalue weighted by molar-refractivity contribution is -0.0504. The van der Waals surface area contributed by atoms with Crippen LogP contribution in [0.1, 0.15) is 44.1 Å². The van der Waals surface area contributed by atoms with Crippen LogP contribution in [-0.4, -0.2) is 49.7 Å². The van der Waals surface area contributed by atoms with Gasteiger partial charge in [-0.2, -0.15) is 8.78 Å². The molecule has 1 aromatic rings. The Bertz CT molecular complexity index is 660. The predicted octanol–water partition coefficient (Wildman–Crippen LogP) is 4.01. The molecule has 0 aromatic heterocycles. The number of rotatable bonds is 6. The molecular formula is C20H29ClF2N4O. The van der Waals surface area contributed by atoms with Crippen molar-refractivity contribution >= 4 is 17.6 Å². The fraction of sp³-hybridized carbons (Fsp3) is 0.650. The van der Waals surface area contributed by atoms with Crippen LogP contribution < -0.4 is 15.4 Å². The number of guanidine groups is 1. The van der Waals surface area contributed by atoms with E-state index in [2.05, 4.69) is 25.3 Å². The van der Waals surface area contributed by atoms with Gasteiger partial charge in [0.15, 0.2) is 5.96 Å². The highest BCUT2D eigenvalue weighted by molar-refractivity contribution is 6.30. The van der Waals surface area contributed by atoms with E-state index >= 15 is 0 Å². The number of nitrogens with one attached hydrogen (secondary N) is 2. The Morgan fingerprint density at radius 1 is 1.25 bits per heavy atom. The molecule has 2 N–H and O–H groups in total. The number of hydrogen-bond acceptors (Lipinski definition) is 3. The zero-order valence-corrected chi connectivity index (χ0v) is 17.0. The Labute approximate surface area is 170 Å². The fourth-order valence-electron chi connectivity index (χ4n) is 4.14. The third-order valence-electron chi connectivity index (χ3n) is 5.62. The van der Waals surface area contributed by atoms with Crippen LogP contribution in [0, 0.1) is 0 Å². The van der Waals surface area contributed by atoms with Gasteiger partial charge in [0.1, 0.15) is 5.75 Å². The lowest BCUT2D eigenvalue weighted by Gasteiger charge is -2.36. The molecule has 2 fully saturated rings. The minimum absolute atomic E-state index is 0.118. The average molecular weight is 415 g/mol. The van der Waals surface area contributed by atoms with Gasteiger partial charge in [0.05, 0.1) is 0 Å². The van der Waals surface area contributed by atoms with Gasteiger partial charge in [0.2, 0.25) is 0 Å². The van der Waals surface area contributed by atoms with Crippen molar-refractivity contribution in [3.8, 4) is 5.75 Å². The molecule has 156 valence electrons. The molecule has 8 heteroatoms. The molecule has 0 atom stereocenters. The van der Waals surface area contributed by atoms with Crippen molar-refractivity contribution in [3.63, 3.8) is 0 Å². The normalized spacial score (nSPS) is 20.0. The highest BCUT2D eigenvalue weighted by Crippen LogP contribution is 2.26. The molecule has 3 rings (SSSR count). The first-order valence-electron chi connectivity index (χ1n) is 9.99. The van der Waals surface area contributed by atoms with Crippen molar-refractivity contribution in [3.05, 3.63) is 28.8 Å². The smallest absolute Gasteiger partial charge is 0.387 e. The van der Waals surface area contributed by atoms with E-state index in [1.54, 1.807) is 13.1 Å². The third kappa shape index (κ3) is 5.95. The average Bonchev–Trinajstić information content (AvgIpc) is 3.22. The van der Waals surface area contributed by atoms with E-state index in [4.69, 9.17) is 11.6 Å². The Morgan fingerprint density at radius 3 is 2.61 bits per heavy atom. The van der Waals surface area contributed by atoms with Gasteiger partial charge in [-0.15, -0.1) is 0 Å². The van der Waals surface area contributed by atoms with Crippen LogP contribution in [0.25, 0.3) is 0 Å². The predicted molar refractivity (Wildman–Crippen MR) is 108 cm³/mol. The molecule has 0 spiro atoms. The molecule has 1 aromatic carbocycles. The van der Waals surface area contributed by atoms with E-state index in [9.17, 15) is 8.78 Å². The maximum Gasteiger partial charge on any atom is 0.387 e. The van der Waals surface area contributed by atoms with Crippen LogP contribution in [0.15, 0.2) is 23.2 Å². The van der Waals surface area contributed by atoms with Crippen LogP contribution in [0.2, 0.25) is 5.02 Å². The molecule has 5 nitrogen and oxygen atoms in total. The zero-order valence-electron chi connectivity index (χ0n) is 16.3. The molecule has 1 heterocycles. The summed E-state index contributed by atoms with van der Waals surface area (Å²) < 4.78 is 29.8. The first-order chi connectivity index (χ1) is 13.5. The van der Waals surface area contributed by atoms with Crippen molar-refractivity contribution in [2.24, 2.45) is 4.99 Å². The van der Waals surface area contributed by atoms with Crippen LogP contribution in [0.3, 0.4) is 0 Å². The molecular weight excluding hydrogens is 386 g/mol. The quantitative estimate of drug-likeness (QED) is 0.545. The first kappa shape index (κ1) is 21.1. The summed E-state index contributed by atoms with van der Waals surface area (Å²) in [6.07, 6.45) is 7.55. The lowest BCUT2D eigenvalue weighted by Crippen LogP contribution is -2.50. The Morgan fingerprint density at radius 2 is 1.96 bits per heavy atom. The summed E-state index contributed by atoms with van der Waals surface area (Å²) in [7, 11) is 1.71. The zero-order chi connectivity index (χ0) is 19.9. The molecule has 2 aliphatic rings. The van der Waals surface area contributed by atoms with E-state index in [-0.39, 0.29) is 5.75 Å². The van der Waals surface area contributed by atoms with E-state index < -0.39 is 6.61 Å². The Balaban J connectivity index is 1.49. The number of ether oxygens (including phenoxy) is 1. The Kier molecular flexibility index (Phi) is 7.73. The van der Waals surface area contributed by atoms with Gasteiger partial charge in [0, 0.05) is 49.4 Å². The number of hydrogen-bond donors (Lipinski definition) is 2. The van der Waals surface area contributed by atoms with Gasteiger partial charge in [-0.05, 0) is 43.9 Å². The second-order valence-electron chi connectivity index (χ2n) is 7.45. The largest absolute Gasteiger partial charge is 0.434 e. The standard InChI is InChI=1S/C20H29ClF2N4O/c1-24-20(25-13-14-12-15(21)6-7-18(14)28-19(22)23)26-16-8-10-27(11-9-16)17-4-2-3-5-17/h6-7,12,16-17,19H,2-5,8-11,13H2,1H3,(H2,24,25,26). The van der Waals surface area contributed by atoms with Crippen LogP contribution in [-0.2, 0) is 6.54 Å². The van der Waals surface area contributed by atoms with Crippen LogP contribution >= 0.6 is 11.6 Å². The SMILES string of the molecule is CN=C(NCc1cc(Cl)ccc1OC(F)F)NC1CCN(C2CCCC2)CC1. The van der Waals surface area contributed by atoms with E-state index in [0.717, 1.165) is 32.0 Å². The van der Waals surface area contributed by atoms with Crippen molar-refractivity contribution in [2.45, 2.75) is 63.8 Å². The summed E-state index contributed by atoms with van der Waals surface area (Å²) in [5.74, 6) is 0.773. The first-order valence-corrected chi connectivity index (χ1v) is 10.4. The van der Waals surface area contributed by atoms with Crippen LogP contribution in [0.4, 0.5) is 8.78 Å². The number of piperidine rings is 1. The summed E-state index contributed by atoms with van der Waals surface area (Å²) in [6.45, 7) is -0.356. The highest BCUT2D eigenvalue weighted by atomic mass is 35.5. The molecule has 0 bridgehead atoms. The minimum atomic E-state index is -2.87. The highest BCUT2D eigenvalue weighted by Gasteiger charge is 2.27. The van der Waals surface area contributed by atoms with Crippen molar-refractivity contribution in [2.75, 3.05) is 20.1 Å². The second-order valence-corrected chi connectivity index (χ2v) is 7.89. The van der Waals surface area contributed by atoms with Crippen molar-refractivity contribution in [1.29, 1.82) is 0 Å². The number of halogens is 3. The van der Waals surface area contributed by atoms with Gasteiger partial charge >= 0.3 is 6.61 Å². The van der Waals surface area contributed by atoms with Gasteiger partial charge in [-0.25, -0.2) is 0 Å². The molecule has 1 aliphatic carbocycles. The lowest BCUT2D eigenvalue weighted by atomic mass is 10.0. The summed E-state index contributed by atoms with van der Waals surface area (Å²) in [6, 6.07) is 5.75. The third-order valence-corrected chi connectivity index (χ3v) is 5.86. The maximum atomic E-state index is 12.6. The number of benzene rings is 1. The number of aliphatic imine (C=N–C) groups is 1. The van der Waals surface area contributed by atoms with Crippen LogP contribution in [0.5, 0.6) is 5.75 Å². The van der Waals surface area contributed by atoms with Crippen molar-refractivity contribution < 1.29 is 13.5 Å². The van der Waals surface area contributed by atoms with Crippen molar-refractivity contribution in [1.82, 2.24) is 15.5 Å². The number of nitrogens with zero attached hydrogens (tertiary/aromatic N) is 2. The molecule has 28 heavy (non-hydrogen) atoms. The van der Waals surface area contributed by atoms with E-state index in [1.807, 2.05) is 0 Å². The molecule has 0 amide bonds. The second kappa shape index (κ2) is 10.3. The minimum Gasteiger partial charge on any atom is -0.434 e. The van der Waals surface area contributed by atoms with E-state index in [0.29, 0.717) is 29.1 Å². The number of likely N-dealkylation sites (tertiary alicyclic amines) is 1. The number of alkyl halides is 2. The molecule has 0 unspecified atom stereocenters. The van der Waals surface area contributed by atoms with Gasteiger partial charge in [-0.3, -0.25) is 4.99 Å². The molecule has 1 saturated heterocycles. The summed E-state index contributed by atoms with van der Waals surface area (Å²) >= 11 is 6.00. The Hall–Kier alpha value is -1.60. The van der Waals surface area contributed by atoms with E-state index in [1.165, 1.54) is 37.8 Å². The molecule has 0 radical (unpaired) electrons. The van der Waals surface area contributed by atoms with Gasteiger partial charge < -0.3 is 20.3 Å². The van der Waals surface area contributed by atoms with Gasteiger partial charge in [-0.1, -0.05) is 24.4 Å². The maximum absolute atomic E-state index is 12.6. The van der Waals surface area contributed by atoms with Gasteiger partial charge in [0.25, 0.3) is 0 Å². The fourth-order valence-corrected chi connectivity index (χ4v) is 4.34. The summed E-state index contributed by atoms with van der Waals surface area (Å²) in [4.78, 5) is 6.89.